The van der Waals surface area contributed by atoms with Gasteiger partial charge in [-0.2, -0.15) is 0 Å². The third-order valence-corrected chi connectivity index (χ3v) is 4.93. The summed E-state index contributed by atoms with van der Waals surface area (Å²) in [5.74, 6) is -1.75. The lowest BCUT2D eigenvalue weighted by Crippen LogP contribution is -2.68. The fourth-order valence-electron chi connectivity index (χ4n) is 3.89. The molecule has 0 saturated carbocycles. The van der Waals surface area contributed by atoms with Gasteiger partial charge < -0.3 is 15.0 Å². The van der Waals surface area contributed by atoms with Gasteiger partial charge in [-0.05, 0) is 32.4 Å². The second-order valence-electron chi connectivity index (χ2n) is 7.32. The summed E-state index contributed by atoms with van der Waals surface area (Å²) in [5.41, 5.74) is -0.755. The minimum Gasteiger partial charge on any atom is -0.452 e. The highest BCUT2D eigenvalue weighted by Gasteiger charge is 2.61. The molecule has 2 aliphatic heterocycles. The predicted molar refractivity (Wildman–Crippen MR) is 101 cm³/mol. The zero-order valence-corrected chi connectivity index (χ0v) is 16.4. The molecule has 1 fully saturated rings. The van der Waals surface area contributed by atoms with Gasteiger partial charge in [0, 0.05) is 25.4 Å². The maximum atomic E-state index is 13.2. The van der Waals surface area contributed by atoms with E-state index in [1.54, 1.807) is 38.1 Å². The molecule has 150 valence electrons. The summed E-state index contributed by atoms with van der Waals surface area (Å²) in [7, 11) is 0. The fraction of sp³-hybridized carbons (Fsp3) is 0.500. The molecule has 0 radical (unpaired) electrons. The monoisotopic (exact) mass is 387 g/mol. The van der Waals surface area contributed by atoms with Gasteiger partial charge in [-0.25, -0.2) is 4.79 Å². The lowest BCUT2D eigenvalue weighted by molar-refractivity contribution is -0.160. The Hall–Kier alpha value is -2.90. The van der Waals surface area contributed by atoms with Gasteiger partial charge in [0.1, 0.15) is 0 Å². The van der Waals surface area contributed by atoms with Gasteiger partial charge >= 0.3 is 5.97 Å². The van der Waals surface area contributed by atoms with Crippen molar-refractivity contribution in [1.82, 2.24) is 10.2 Å². The Labute approximate surface area is 163 Å². The zero-order valence-electron chi connectivity index (χ0n) is 16.4. The number of anilines is 1. The van der Waals surface area contributed by atoms with Crippen molar-refractivity contribution >= 4 is 29.4 Å². The molecule has 0 unspecified atom stereocenters. The van der Waals surface area contributed by atoms with E-state index in [9.17, 15) is 19.2 Å². The van der Waals surface area contributed by atoms with Crippen LogP contribution in [-0.2, 0) is 19.1 Å². The summed E-state index contributed by atoms with van der Waals surface area (Å²) in [4.78, 5) is 53.8. The molecule has 1 N–H and O–H groups in total. The minimum atomic E-state index is -1.54. The molecule has 0 aromatic heterocycles. The van der Waals surface area contributed by atoms with Crippen LogP contribution >= 0.6 is 0 Å². The number of fused-ring (bicyclic) bond motifs is 3. The number of hydrogen-bond donors (Lipinski definition) is 1. The Morgan fingerprint density at radius 3 is 2.64 bits per heavy atom. The van der Waals surface area contributed by atoms with Crippen molar-refractivity contribution in [3.63, 3.8) is 0 Å². The molecular weight excluding hydrogens is 362 g/mol. The summed E-state index contributed by atoms with van der Waals surface area (Å²) in [6.07, 6.45) is 0.866. The Kier molecular flexibility index (Phi) is 5.40. The molecule has 2 aliphatic rings. The molecule has 0 aliphatic carbocycles. The van der Waals surface area contributed by atoms with Crippen LogP contribution < -0.4 is 10.2 Å². The van der Waals surface area contributed by atoms with Crippen molar-refractivity contribution in [3.05, 3.63) is 29.8 Å². The summed E-state index contributed by atoms with van der Waals surface area (Å²) >= 11 is 0. The van der Waals surface area contributed by atoms with Crippen molar-refractivity contribution in [1.29, 1.82) is 0 Å². The lowest BCUT2D eigenvalue weighted by Gasteiger charge is -2.48. The Bertz CT molecular complexity index is 822. The van der Waals surface area contributed by atoms with Crippen molar-refractivity contribution < 1.29 is 23.9 Å². The normalized spacial score (nSPS) is 20.9. The first-order chi connectivity index (χ1) is 13.3. The third kappa shape index (κ3) is 3.12. The van der Waals surface area contributed by atoms with Crippen LogP contribution in [0, 0.1) is 0 Å². The van der Waals surface area contributed by atoms with E-state index in [1.807, 2.05) is 6.92 Å². The summed E-state index contributed by atoms with van der Waals surface area (Å²) in [6, 6.07) is 6.67. The second-order valence-corrected chi connectivity index (χ2v) is 7.32. The predicted octanol–water partition coefficient (Wildman–Crippen LogP) is 1.44. The van der Waals surface area contributed by atoms with Crippen LogP contribution in [0.5, 0.6) is 0 Å². The maximum Gasteiger partial charge on any atom is 0.354 e. The number of carbonyl (C=O) groups excluding carboxylic acids is 4. The summed E-state index contributed by atoms with van der Waals surface area (Å²) in [5, 5.41) is 2.65. The number of carbonyl (C=O) groups is 4. The van der Waals surface area contributed by atoms with Crippen LogP contribution in [0.4, 0.5) is 5.69 Å². The number of hydrogen-bond acceptors (Lipinski definition) is 5. The Balaban J connectivity index is 1.99. The van der Waals surface area contributed by atoms with Crippen LogP contribution in [0.2, 0.25) is 0 Å². The van der Waals surface area contributed by atoms with Crippen molar-refractivity contribution in [2.75, 3.05) is 18.1 Å². The Morgan fingerprint density at radius 2 is 1.96 bits per heavy atom. The summed E-state index contributed by atoms with van der Waals surface area (Å²) < 4.78 is 5.30. The molecule has 8 heteroatoms. The highest BCUT2D eigenvalue weighted by atomic mass is 16.5. The summed E-state index contributed by atoms with van der Waals surface area (Å²) in [6.45, 7) is 5.33. The number of ether oxygens (including phenoxy) is 1. The number of para-hydroxylation sites is 1. The number of esters is 1. The number of nitrogens with one attached hydrogen (secondary N) is 1. The van der Waals surface area contributed by atoms with Gasteiger partial charge in [-0.1, -0.05) is 19.1 Å². The molecule has 2 heterocycles. The topological polar surface area (TPSA) is 96.0 Å². The molecule has 0 spiro atoms. The smallest absolute Gasteiger partial charge is 0.354 e. The van der Waals surface area contributed by atoms with Crippen LogP contribution in [0.1, 0.15) is 50.4 Å². The van der Waals surface area contributed by atoms with E-state index in [0.29, 0.717) is 24.2 Å². The molecule has 3 amide bonds. The number of nitrogens with zero attached hydrogens (tertiary/aromatic N) is 2. The van der Waals surface area contributed by atoms with Crippen LogP contribution in [0.3, 0.4) is 0 Å². The first-order valence-corrected chi connectivity index (χ1v) is 9.53. The van der Waals surface area contributed by atoms with Gasteiger partial charge in [-0.3, -0.25) is 19.3 Å². The van der Waals surface area contributed by atoms with Gasteiger partial charge in [0.15, 0.2) is 6.61 Å². The molecule has 1 atom stereocenters. The molecule has 1 aromatic carbocycles. The first kappa shape index (κ1) is 19.9. The minimum absolute atomic E-state index is 0.0892. The number of benzene rings is 1. The molecule has 1 saturated heterocycles. The van der Waals surface area contributed by atoms with Crippen molar-refractivity contribution in [3.8, 4) is 0 Å². The molecule has 3 rings (SSSR count). The molecule has 1 aromatic rings. The van der Waals surface area contributed by atoms with E-state index < -0.39 is 24.1 Å². The van der Waals surface area contributed by atoms with Crippen molar-refractivity contribution in [2.24, 2.45) is 0 Å². The lowest BCUT2D eigenvalue weighted by atomic mass is 9.96. The molecule has 0 bridgehead atoms. The van der Waals surface area contributed by atoms with E-state index in [0.717, 1.165) is 0 Å². The quantitative estimate of drug-likeness (QED) is 0.745. The second kappa shape index (κ2) is 7.61. The average molecular weight is 387 g/mol. The van der Waals surface area contributed by atoms with E-state index in [1.165, 1.54) is 9.80 Å². The van der Waals surface area contributed by atoms with E-state index >= 15 is 0 Å². The molecular formula is C20H25N3O5. The highest BCUT2D eigenvalue weighted by molar-refractivity contribution is 6.15. The first-order valence-electron chi connectivity index (χ1n) is 9.53. The van der Waals surface area contributed by atoms with E-state index in [-0.39, 0.29) is 30.7 Å². The Morgan fingerprint density at radius 1 is 1.25 bits per heavy atom. The van der Waals surface area contributed by atoms with Crippen LogP contribution in [0.25, 0.3) is 0 Å². The van der Waals surface area contributed by atoms with Crippen molar-refractivity contribution in [2.45, 2.75) is 51.7 Å². The van der Waals surface area contributed by atoms with Crippen LogP contribution in [-0.4, -0.2) is 53.4 Å². The fourth-order valence-corrected chi connectivity index (χ4v) is 3.89. The van der Waals surface area contributed by atoms with Gasteiger partial charge in [0.05, 0.1) is 11.3 Å². The highest BCUT2D eigenvalue weighted by Crippen LogP contribution is 2.45. The van der Waals surface area contributed by atoms with E-state index in [2.05, 4.69) is 5.32 Å². The SMILES string of the molecule is CCCN1C(=O)c2ccccc2N2C(=O)CC[C@@]12C(=O)OCC(=O)NC(C)C. The van der Waals surface area contributed by atoms with E-state index in [4.69, 9.17) is 4.74 Å². The number of rotatable bonds is 6. The largest absolute Gasteiger partial charge is 0.452 e. The maximum absolute atomic E-state index is 13.2. The number of amides is 3. The average Bonchev–Trinajstić information content (AvgIpc) is 3.01. The molecule has 28 heavy (non-hydrogen) atoms. The zero-order chi connectivity index (χ0) is 20.5. The van der Waals surface area contributed by atoms with Gasteiger partial charge in [0.2, 0.25) is 11.6 Å². The standard InChI is InChI=1S/C20H25N3O5/c1-4-11-22-18(26)14-7-5-6-8-15(14)23-17(25)9-10-20(22,23)19(27)28-12-16(24)21-13(2)3/h5-8,13H,4,9-12H2,1-3H3,(H,21,24)/t20-/m1/s1. The molecule has 8 nitrogen and oxygen atoms in total. The van der Waals surface area contributed by atoms with Crippen LogP contribution in [0.15, 0.2) is 24.3 Å². The van der Waals surface area contributed by atoms with Gasteiger partial charge in [-0.15, -0.1) is 0 Å². The third-order valence-electron chi connectivity index (χ3n) is 4.93. The van der Waals surface area contributed by atoms with Gasteiger partial charge in [0.25, 0.3) is 11.8 Å².